The molecule has 0 bridgehead atoms. The number of nitrogens with zero attached hydrogens (tertiary/aromatic N) is 1. The summed E-state index contributed by atoms with van der Waals surface area (Å²) in [4.78, 5) is 27.4. The van der Waals surface area contributed by atoms with Crippen molar-refractivity contribution in [2.24, 2.45) is 0 Å². The number of amides is 1. The van der Waals surface area contributed by atoms with E-state index in [-0.39, 0.29) is 11.7 Å². The summed E-state index contributed by atoms with van der Waals surface area (Å²) in [7, 11) is 1.62. The van der Waals surface area contributed by atoms with E-state index in [1.54, 1.807) is 18.9 Å². The third-order valence-electron chi connectivity index (χ3n) is 5.21. The van der Waals surface area contributed by atoms with Crippen molar-refractivity contribution in [3.63, 3.8) is 0 Å². The van der Waals surface area contributed by atoms with Gasteiger partial charge in [-0.15, -0.1) is 0 Å². The molecule has 1 aliphatic heterocycles. The Hall–Kier alpha value is -3.08. The maximum absolute atomic E-state index is 12.9. The van der Waals surface area contributed by atoms with Crippen LogP contribution in [0.4, 0.5) is 11.4 Å². The summed E-state index contributed by atoms with van der Waals surface area (Å²) in [5.41, 5.74) is 4.15. The molecule has 0 unspecified atom stereocenters. The maximum Gasteiger partial charge on any atom is 0.224 e. The summed E-state index contributed by atoms with van der Waals surface area (Å²) in [6, 6.07) is 14.9. The number of rotatable bonds is 2. The Balaban J connectivity index is 1.96. The molecule has 138 valence electrons. The van der Waals surface area contributed by atoms with Crippen LogP contribution in [0.2, 0.25) is 0 Å². The molecule has 2 aliphatic rings. The van der Waals surface area contributed by atoms with Gasteiger partial charge in [-0.25, -0.2) is 0 Å². The SMILES string of the molecule is COc1ccc([C@@H]2C3=C(CCCC3=O)Nc3ccccc3N2C(C)=O)cc1. The van der Waals surface area contributed by atoms with Crippen LogP contribution in [0.15, 0.2) is 59.8 Å². The summed E-state index contributed by atoms with van der Waals surface area (Å²) in [6.07, 6.45) is 2.13. The van der Waals surface area contributed by atoms with Crippen LogP contribution in [0.3, 0.4) is 0 Å². The number of anilines is 2. The normalized spacial score (nSPS) is 19.0. The third kappa shape index (κ3) is 2.99. The van der Waals surface area contributed by atoms with E-state index in [2.05, 4.69) is 5.32 Å². The van der Waals surface area contributed by atoms with Crippen LogP contribution in [-0.2, 0) is 9.59 Å². The van der Waals surface area contributed by atoms with Crippen molar-refractivity contribution in [1.82, 2.24) is 0 Å². The van der Waals surface area contributed by atoms with Crippen LogP contribution in [0, 0.1) is 0 Å². The number of carbonyl (C=O) groups is 2. The molecule has 0 aromatic heterocycles. The standard InChI is InChI=1S/C22H22N2O3/c1-14(25)24-19-8-4-3-6-17(19)23-18-7-5-9-20(26)21(18)22(24)15-10-12-16(27-2)13-11-15/h3-4,6,8,10-13,22-23H,5,7,9H2,1-2H3/t22-/m1/s1. The van der Waals surface area contributed by atoms with Gasteiger partial charge in [-0.1, -0.05) is 24.3 Å². The number of hydrogen-bond donors (Lipinski definition) is 1. The first-order chi connectivity index (χ1) is 13.1. The number of methoxy groups -OCH3 is 1. The largest absolute Gasteiger partial charge is 0.497 e. The van der Waals surface area contributed by atoms with Crippen molar-refractivity contribution >= 4 is 23.1 Å². The van der Waals surface area contributed by atoms with E-state index in [0.717, 1.165) is 41.2 Å². The van der Waals surface area contributed by atoms with E-state index < -0.39 is 6.04 Å². The van der Waals surface area contributed by atoms with Crippen molar-refractivity contribution in [1.29, 1.82) is 0 Å². The highest BCUT2D eigenvalue weighted by molar-refractivity contribution is 6.05. The second kappa shape index (κ2) is 6.91. The molecule has 1 amide bonds. The van der Waals surface area contributed by atoms with Gasteiger partial charge in [0.1, 0.15) is 5.75 Å². The molecule has 0 radical (unpaired) electrons. The molecule has 1 aliphatic carbocycles. The number of ether oxygens (including phenoxy) is 1. The highest BCUT2D eigenvalue weighted by Gasteiger charge is 2.38. The molecule has 0 spiro atoms. The molecule has 27 heavy (non-hydrogen) atoms. The lowest BCUT2D eigenvalue weighted by molar-refractivity contribution is -0.117. The van der Waals surface area contributed by atoms with Crippen LogP contribution >= 0.6 is 0 Å². The minimum Gasteiger partial charge on any atom is -0.497 e. The van der Waals surface area contributed by atoms with Crippen LogP contribution in [0.5, 0.6) is 5.75 Å². The fourth-order valence-corrected chi connectivity index (χ4v) is 3.98. The van der Waals surface area contributed by atoms with Crippen molar-refractivity contribution in [2.75, 3.05) is 17.3 Å². The summed E-state index contributed by atoms with van der Waals surface area (Å²) < 4.78 is 5.27. The fourth-order valence-electron chi connectivity index (χ4n) is 3.98. The first-order valence-electron chi connectivity index (χ1n) is 9.16. The molecule has 1 heterocycles. The number of benzene rings is 2. The first-order valence-corrected chi connectivity index (χ1v) is 9.16. The molecular formula is C22H22N2O3. The van der Waals surface area contributed by atoms with Gasteiger partial charge >= 0.3 is 0 Å². The number of nitrogens with one attached hydrogen (secondary N) is 1. The van der Waals surface area contributed by atoms with Gasteiger partial charge < -0.3 is 10.1 Å². The molecule has 1 N–H and O–H groups in total. The highest BCUT2D eigenvalue weighted by atomic mass is 16.5. The number of ketones is 1. The topological polar surface area (TPSA) is 58.6 Å². The summed E-state index contributed by atoms with van der Waals surface area (Å²) >= 11 is 0. The van der Waals surface area contributed by atoms with Gasteiger partial charge in [-0.05, 0) is 42.7 Å². The number of fused-ring (bicyclic) bond motifs is 1. The van der Waals surface area contributed by atoms with Gasteiger partial charge in [0, 0.05) is 24.6 Å². The Kier molecular flexibility index (Phi) is 4.44. The Morgan fingerprint density at radius 3 is 2.56 bits per heavy atom. The Morgan fingerprint density at radius 1 is 1.11 bits per heavy atom. The molecule has 0 fully saturated rings. The summed E-state index contributed by atoms with van der Waals surface area (Å²) in [5.74, 6) is 0.741. The number of carbonyl (C=O) groups excluding carboxylic acids is 2. The zero-order valence-corrected chi connectivity index (χ0v) is 15.5. The number of Topliss-reactive ketones (excluding diaryl/α,β-unsaturated/α-hetero) is 1. The third-order valence-corrected chi connectivity index (χ3v) is 5.21. The zero-order valence-electron chi connectivity index (χ0n) is 15.5. The van der Waals surface area contributed by atoms with Gasteiger partial charge in [0.25, 0.3) is 0 Å². The number of para-hydroxylation sites is 2. The zero-order chi connectivity index (χ0) is 19.0. The predicted octanol–water partition coefficient (Wildman–Crippen LogP) is 4.22. The van der Waals surface area contributed by atoms with E-state index in [9.17, 15) is 9.59 Å². The molecule has 4 rings (SSSR count). The first kappa shape index (κ1) is 17.3. The van der Waals surface area contributed by atoms with Gasteiger partial charge in [-0.2, -0.15) is 0 Å². The Bertz CT molecular complexity index is 931. The average Bonchev–Trinajstić information content (AvgIpc) is 2.83. The van der Waals surface area contributed by atoms with E-state index in [0.29, 0.717) is 12.0 Å². The monoisotopic (exact) mass is 362 g/mol. The van der Waals surface area contributed by atoms with Crippen LogP contribution < -0.4 is 15.0 Å². The lowest BCUT2D eigenvalue weighted by atomic mass is 9.86. The second-order valence-electron chi connectivity index (χ2n) is 6.88. The average molecular weight is 362 g/mol. The van der Waals surface area contributed by atoms with Crippen LogP contribution in [0.25, 0.3) is 0 Å². The summed E-state index contributed by atoms with van der Waals surface area (Å²) in [6.45, 7) is 1.55. The van der Waals surface area contributed by atoms with E-state index in [1.165, 1.54) is 0 Å². The van der Waals surface area contributed by atoms with Crippen molar-refractivity contribution in [2.45, 2.75) is 32.2 Å². The molecular weight excluding hydrogens is 340 g/mol. The van der Waals surface area contributed by atoms with Crippen molar-refractivity contribution in [3.8, 4) is 5.75 Å². The lowest BCUT2D eigenvalue weighted by Crippen LogP contribution is -2.36. The number of hydrogen-bond acceptors (Lipinski definition) is 4. The van der Waals surface area contributed by atoms with Crippen LogP contribution in [0.1, 0.15) is 37.8 Å². The second-order valence-corrected chi connectivity index (χ2v) is 6.88. The Labute approximate surface area is 158 Å². The fraction of sp³-hybridized carbons (Fsp3) is 0.273. The quantitative estimate of drug-likeness (QED) is 0.869. The molecule has 5 nitrogen and oxygen atoms in total. The van der Waals surface area contributed by atoms with E-state index in [1.807, 2.05) is 48.5 Å². The number of allylic oxidation sites excluding steroid dienone is 1. The smallest absolute Gasteiger partial charge is 0.224 e. The van der Waals surface area contributed by atoms with Crippen LogP contribution in [-0.4, -0.2) is 18.8 Å². The summed E-state index contributed by atoms with van der Waals surface area (Å²) in [5, 5.41) is 3.44. The van der Waals surface area contributed by atoms with Gasteiger partial charge in [0.05, 0.1) is 24.5 Å². The van der Waals surface area contributed by atoms with Gasteiger partial charge in [-0.3, -0.25) is 14.5 Å². The van der Waals surface area contributed by atoms with E-state index in [4.69, 9.17) is 4.74 Å². The minimum absolute atomic E-state index is 0.0998. The molecule has 5 heteroatoms. The lowest BCUT2D eigenvalue weighted by Gasteiger charge is -2.33. The molecule has 2 aromatic rings. The maximum atomic E-state index is 12.9. The molecule has 1 atom stereocenters. The van der Waals surface area contributed by atoms with Gasteiger partial charge in [0.15, 0.2) is 5.78 Å². The highest BCUT2D eigenvalue weighted by Crippen LogP contribution is 2.44. The predicted molar refractivity (Wildman–Crippen MR) is 105 cm³/mol. The van der Waals surface area contributed by atoms with Crippen molar-refractivity contribution < 1.29 is 14.3 Å². The molecule has 2 aromatic carbocycles. The van der Waals surface area contributed by atoms with E-state index >= 15 is 0 Å². The van der Waals surface area contributed by atoms with Crippen molar-refractivity contribution in [3.05, 3.63) is 65.4 Å². The Morgan fingerprint density at radius 2 is 1.85 bits per heavy atom. The molecule has 0 saturated heterocycles. The van der Waals surface area contributed by atoms with Gasteiger partial charge in [0.2, 0.25) is 5.91 Å². The minimum atomic E-state index is -0.452. The molecule has 0 saturated carbocycles.